The lowest BCUT2D eigenvalue weighted by atomic mass is 10.2. The molecule has 0 aliphatic carbocycles. The first kappa shape index (κ1) is 15.4. The van der Waals surface area contributed by atoms with E-state index < -0.39 is 0 Å². The van der Waals surface area contributed by atoms with Crippen molar-refractivity contribution in [2.45, 2.75) is 19.8 Å². The normalized spacial score (nSPS) is 10.5. The highest BCUT2D eigenvalue weighted by atomic mass is 32.2. The molecule has 16 heavy (non-hydrogen) atoms. The maximum Gasteiger partial charge on any atom is 0.306 e. The lowest BCUT2D eigenvalue weighted by molar-refractivity contribution is -0.144. The summed E-state index contributed by atoms with van der Waals surface area (Å²) in [4.78, 5) is 24.5. The zero-order chi connectivity index (χ0) is 12.4. The van der Waals surface area contributed by atoms with Crippen LogP contribution >= 0.6 is 11.8 Å². The highest BCUT2D eigenvalue weighted by molar-refractivity contribution is 7.98. The lowest BCUT2D eigenvalue weighted by Crippen LogP contribution is -2.28. The summed E-state index contributed by atoms with van der Waals surface area (Å²) in [6.07, 6.45) is 2.52. The van der Waals surface area contributed by atoms with E-state index in [1.54, 1.807) is 18.7 Å². The predicted molar refractivity (Wildman–Crippen MR) is 66.8 cm³/mol. The van der Waals surface area contributed by atoms with Gasteiger partial charge in [-0.2, -0.15) is 11.8 Å². The van der Waals surface area contributed by atoms with Crippen LogP contribution in [-0.2, 0) is 14.3 Å². The number of Topliss-reactive ketones (excluding diaryl/α,β-unsaturated/α-hetero) is 1. The highest BCUT2D eigenvalue weighted by Crippen LogP contribution is 1.98. The van der Waals surface area contributed by atoms with Crippen molar-refractivity contribution in [3.05, 3.63) is 0 Å². The average Bonchev–Trinajstić information content (AvgIpc) is 2.24. The van der Waals surface area contributed by atoms with E-state index in [-0.39, 0.29) is 24.6 Å². The van der Waals surface area contributed by atoms with Crippen molar-refractivity contribution in [1.82, 2.24) is 4.90 Å². The number of hydrogen-bond donors (Lipinski definition) is 0. The Kier molecular flexibility index (Phi) is 9.33. The minimum absolute atomic E-state index is 0.0941. The van der Waals surface area contributed by atoms with Crippen molar-refractivity contribution in [3.8, 4) is 0 Å². The van der Waals surface area contributed by atoms with Crippen LogP contribution in [0.5, 0.6) is 0 Å². The number of likely N-dealkylation sites (N-methyl/N-ethyl adjacent to an activating group) is 1. The fourth-order valence-corrected chi connectivity index (χ4v) is 1.68. The van der Waals surface area contributed by atoms with E-state index in [2.05, 4.69) is 0 Å². The Morgan fingerprint density at radius 2 is 2.00 bits per heavy atom. The van der Waals surface area contributed by atoms with Gasteiger partial charge in [0.05, 0.1) is 19.6 Å². The number of thioether (sulfide) groups is 1. The summed E-state index contributed by atoms with van der Waals surface area (Å²) in [5, 5.41) is 0. The van der Waals surface area contributed by atoms with Crippen LogP contribution in [0, 0.1) is 0 Å². The van der Waals surface area contributed by atoms with Gasteiger partial charge in [0.2, 0.25) is 0 Å². The van der Waals surface area contributed by atoms with E-state index in [1.165, 1.54) is 0 Å². The first-order chi connectivity index (χ1) is 7.60. The number of rotatable bonds is 9. The van der Waals surface area contributed by atoms with E-state index >= 15 is 0 Å². The van der Waals surface area contributed by atoms with Gasteiger partial charge in [-0.05, 0) is 20.2 Å². The zero-order valence-electron chi connectivity index (χ0n) is 10.3. The molecule has 0 spiro atoms. The van der Waals surface area contributed by atoms with Crippen LogP contribution in [0.4, 0.5) is 0 Å². The van der Waals surface area contributed by atoms with Crippen LogP contribution in [0.1, 0.15) is 19.8 Å². The van der Waals surface area contributed by atoms with Crippen LogP contribution < -0.4 is 0 Å². The van der Waals surface area contributed by atoms with Gasteiger partial charge in [-0.3, -0.25) is 14.5 Å². The number of carbonyl (C=O) groups is 2. The maximum atomic E-state index is 11.5. The van der Waals surface area contributed by atoms with Crippen molar-refractivity contribution >= 4 is 23.5 Å². The Morgan fingerprint density at radius 3 is 2.56 bits per heavy atom. The Labute approximate surface area is 102 Å². The Bertz CT molecular complexity index is 221. The van der Waals surface area contributed by atoms with Crippen LogP contribution in [0.15, 0.2) is 0 Å². The fraction of sp³-hybridized carbons (Fsp3) is 0.818. The lowest BCUT2D eigenvalue weighted by Gasteiger charge is -2.14. The third-order valence-electron chi connectivity index (χ3n) is 2.04. The molecule has 0 unspecified atom stereocenters. The van der Waals surface area contributed by atoms with Gasteiger partial charge in [0.15, 0.2) is 0 Å². The molecule has 0 radical (unpaired) electrons. The summed E-state index contributed by atoms with van der Waals surface area (Å²) >= 11 is 1.75. The molecular weight excluding hydrogens is 226 g/mol. The van der Waals surface area contributed by atoms with Gasteiger partial charge in [0.25, 0.3) is 0 Å². The molecular formula is C11H21NO3S. The molecule has 0 saturated carbocycles. The number of carbonyl (C=O) groups excluding carboxylic acids is 2. The van der Waals surface area contributed by atoms with Gasteiger partial charge in [-0.15, -0.1) is 0 Å². The highest BCUT2D eigenvalue weighted by Gasteiger charge is 2.09. The molecule has 0 aromatic rings. The number of hydrogen-bond acceptors (Lipinski definition) is 5. The summed E-state index contributed by atoms with van der Waals surface area (Å²) in [6.45, 7) is 3.45. The largest absolute Gasteiger partial charge is 0.466 e. The third-order valence-corrected chi connectivity index (χ3v) is 2.63. The Morgan fingerprint density at radius 1 is 1.31 bits per heavy atom. The van der Waals surface area contributed by atoms with Crippen LogP contribution in [-0.4, -0.2) is 55.4 Å². The molecule has 4 nitrogen and oxygen atoms in total. The predicted octanol–water partition coefficient (Wildman–Crippen LogP) is 1.19. The molecule has 0 aromatic heterocycles. The van der Waals surface area contributed by atoms with Gasteiger partial charge in [-0.1, -0.05) is 0 Å². The second-order valence-electron chi connectivity index (χ2n) is 3.57. The summed E-state index contributed by atoms with van der Waals surface area (Å²) in [5.41, 5.74) is 0. The minimum Gasteiger partial charge on any atom is -0.466 e. The minimum atomic E-state index is -0.289. The first-order valence-corrected chi connectivity index (χ1v) is 6.84. The number of esters is 1. The van der Waals surface area contributed by atoms with Gasteiger partial charge in [-0.25, -0.2) is 0 Å². The summed E-state index contributed by atoms with van der Waals surface area (Å²) in [7, 11) is 1.92. The van der Waals surface area contributed by atoms with Crippen molar-refractivity contribution < 1.29 is 14.3 Å². The molecule has 0 bridgehead atoms. The van der Waals surface area contributed by atoms with E-state index in [9.17, 15) is 9.59 Å². The topological polar surface area (TPSA) is 46.6 Å². The molecule has 0 N–H and O–H groups in total. The zero-order valence-corrected chi connectivity index (χ0v) is 11.1. The van der Waals surface area contributed by atoms with Gasteiger partial charge in [0.1, 0.15) is 5.78 Å². The maximum absolute atomic E-state index is 11.5. The molecule has 0 rings (SSSR count). The number of ketones is 1. The molecule has 0 amide bonds. The van der Waals surface area contributed by atoms with E-state index in [0.29, 0.717) is 13.2 Å². The molecule has 0 atom stereocenters. The first-order valence-electron chi connectivity index (χ1n) is 5.45. The Hall–Kier alpha value is -0.550. The van der Waals surface area contributed by atoms with Gasteiger partial charge >= 0.3 is 5.97 Å². The van der Waals surface area contributed by atoms with Crippen LogP contribution in [0.25, 0.3) is 0 Å². The van der Waals surface area contributed by atoms with Gasteiger partial charge < -0.3 is 4.74 Å². The van der Waals surface area contributed by atoms with E-state index in [1.807, 2.05) is 18.2 Å². The monoisotopic (exact) mass is 247 g/mol. The number of nitrogens with zero attached hydrogens (tertiary/aromatic N) is 1. The molecule has 0 heterocycles. The van der Waals surface area contributed by atoms with Crippen molar-refractivity contribution in [1.29, 1.82) is 0 Å². The summed E-state index contributed by atoms with van der Waals surface area (Å²) < 4.78 is 4.75. The van der Waals surface area contributed by atoms with Crippen molar-refractivity contribution in [3.63, 3.8) is 0 Å². The third kappa shape index (κ3) is 8.73. The smallest absolute Gasteiger partial charge is 0.306 e. The molecule has 0 aromatic carbocycles. The van der Waals surface area contributed by atoms with Crippen molar-refractivity contribution in [2.24, 2.45) is 0 Å². The summed E-state index contributed by atoms with van der Waals surface area (Å²) in [6, 6.07) is 0. The van der Waals surface area contributed by atoms with Crippen LogP contribution in [0.3, 0.4) is 0 Å². The van der Waals surface area contributed by atoms with E-state index in [4.69, 9.17) is 4.74 Å². The molecule has 94 valence electrons. The number of ether oxygens (including phenoxy) is 1. The average molecular weight is 247 g/mol. The second-order valence-corrected chi connectivity index (χ2v) is 4.56. The van der Waals surface area contributed by atoms with Crippen LogP contribution in [0.2, 0.25) is 0 Å². The summed E-state index contributed by atoms with van der Waals surface area (Å²) in [5.74, 6) is 0.820. The molecule has 0 saturated heterocycles. The molecule has 0 aliphatic heterocycles. The molecule has 5 heteroatoms. The van der Waals surface area contributed by atoms with Crippen molar-refractivity contribution in [2.75, 3.05) is 38.8 Å². The van der Waals surface area contributed by atoms with E-state index in [0.717, 1.165) is 12.3 Å². The molecule has 0 aliphatic rings. The quantitative estimate of drug-likeness (QED) is 0.573. The Balaban J connectivity index is 3.61. The standard InChI is InChI=1S/C11H21NO3S/c1-4-15-11(14)6-5-10(13)9-12(2)7-8-16-3/h4-9H2,1-3H3. The fourth-order valence-electron chi connectivity index (χ4n) is 1.18. The second kappa shape index (κ2) is 9.66. The SMILES string of the molecule is CCOC(=O)CCC(=O)CN(C)CCSC. The molecule has 0 fully saturated rings. The van der Waals surface area contributed by atoms with Gasteiger partial charge in [0, 0.05) is 18.7 Å².